The molecule has 2 nitrogen and oxygen atoms in total. The fourth-order valence-corrected chi connectivity index (χ4v) is 2.92. The van der Waals surface area contributed by atoms with E-state index >= 15 is 0 Å². The van der Waals surface area contributed by atoms with E-state index in [1.165, 1.54) is 12.1 Å². The molecule has 0 N–H and O–H groups in total. The minimum Gasteiger partial charge on any atom is -0.248 e. The molecule has 0 amide bonds. The van der Waals surface area contributed by atoms with Crippen LogP contribution in [-0.2, 0) is 11.5 Å². The van der Waals surface area contributed by atoms with Gasteiger partial charge in [-0.3, -0.25) is 0 Å². The lowest BCUT2D eigenvalue weighted by Gasteiger charge is -2.13. The predicted molar refractivity (Wildman–Crippen MR) is 87.6 cm³/mol. The van der Waals surface area contributed by atoms with Gasteiger partial charge in [-0.25, -0.2) is 9.97 Å². The average Bonchev–Trinajstić information content (AvgIpc) is 2.52. The molecule has 0 unspecified atom stereocenters. The molecule has 0 aliphatic carbocycles. The Hall–Kier alpha value is -1.66. The van der Waals surface area contributed by atoms with Crippen molar-refractivity contribution in [3.63, 3.8) is 0 Å². The fourth-order valence-electron chi connectivity index (χ4n) is 2.30. The highest BCUT2D eigenvalue weighted by atomic mass is 79.9. The van der Waals surface area contributed by atoms with Gasteiger partial charge >= 0.3 is 6.18 Å². The largest absolute Gasteiger partial charge is 0.418 e. The first-order chi connectivity index (χ1) is 10.9. The Morgan fingerprint density at radius 3 is 2.39 bits per heavy atom. The molecule has 0 aliphatic heterocycles. The summed E-state index contributed by atoms with van der Waals surface area (Å²) in [6, 6.07) is 10.7. The van der Waals surface area contributed by atoms with Crippen molar-refractivity contribution in [2.24, 2.45) is 0 Å². The van der Waals surface area contributed by atoms with E-state index < -0.39 is 11.7 Å². The Morgan fingerprint density at radius 1 is 1.00 bits per heavy atom. The van der Waals surface area contributed by atoms with Gasteiger partial charge in [0, 0.05) is 10.9 Å². The van der Waals surface area contributed by atoms with E-state index in [4.69, 9.17) is 11.6 Å². The molecule has 1 aromatic heterocycles. The van der Waals surface area contributed by atoms with Gasteiger partial charge in [-0.15, -0.1) is 0 Å². The number of alkyl halides is 4. The number of fused-ring (bicyclic) bond motifs is 1. The first-order valence-electron chi connectivity index (χ1n) is 6.59. The summed E-state index contributed by atoms with van der Waals surface area (Å²) in [6.07, 6.45) is -4.50. The van der Waals surface area contributed by atoms with Gasteiger partial charge in [-0.1, -0.05) is 51.8 Å². The van der Waals surface area contributed by atoms with Crippen molar-refractivity contribution in [1.29, 1.82) is 0 Å². The van der Waals surface area contributed by atoms with Crippen LogP contribution < -0.4 is 0 Å². The van der Waals surface area contributed by atoms with Crippen molar-refractivity contribution < 1.29 is 13.2 Å². The third kappa shape index (κ3) is 3.05. The van der Waals surface area contributed by atoms with Gasteiger partial charge in [0.05, 0.1) is 27.5 Å². The normalized spacial score (nSPS) is 11.9. The summed E-state index contributed by atoms with van der Waals surface area (Å²) < 4.78 is 39.6. The van der Waals surface area contributed by atoms with Gasteiger partial charge in [0.1, 0.15) is 5.52 Å². The van der Waals surface area contributed by atoms with E-state index in [9.17, 15) is 13.2 Å². The molecule has 7 heteroatoms. The van der Waals surface area contributed by atoms with Gasteiger partial charge < -0.3 is 0 Å². The zero-order valence-corrected chi connectivity index (χ0v) is 13.9. The van der Waals surface area contributed by atoms with Crippen molar-refractivity contribution in [2.45, 2.75) is 11.5 Å². The molecule has 3 rings (SSSR count). The Kier molecular flexibility index (Phi) is 4.29. The van der Waals surface area contributed by atoms with E-state index in [-0.39, 0.29) is 11.0 Å². The summed E-state index contributed by atoms with van der Waals surface area (Å²) in [7, 11) is 0. The van der Waals surface area contributed by atoms with Crippen LogP contribution in [0.5, 0.6) is 0 Å². The lowest BCUT2D eigenvalue weighted by Crippen LogP contribution is -2.08. The lowest BCUT2D eigenvalue weighted by molar-refractivity contribution is -0.136. The maximum Gasteiger partial charge on any atom is 0.418 e. The molecular weight excluding hydrogens is 393 g/mol. The standard InChI is InChI=1S/C16H9BrClF3N2/c17-8-13-14(9-4-1-2-6-11(9)18)23-15-10(16(19,20)21)5-3-7-12(15)22-13/h1-7H,8H2. The van der Waals surface area contributed by atoms with Gasteiger partial charge in [-0.2, -0.15) is 13.2 Å². The van der Waals surface area contributed by atoms with E-state index in [2.05, 4.69) is 25.9 Å². The molecule has 118 valence electrons. The zero-order valence-electron chi connectivity index (χ0n) is 11.5. The smallest absolute Gasteiger partial charge is 0.248 e. The van der Waals surface area contributed by atoms with Gasteiger partial charge in [0.15, 0.2) is 0 Å². The maximum absolute atomic E-state index is 13.2. The highest BCUT2D eigenvalue weighted by Crippen LogP contribution is 2.36. The van der Waals surface area contributed by atoms with Crippen LogP contribution in [0.25, 0.3) is 22.3 Å². The molecular formula is C16H9BrClF3N2. The van der Waals surface area contributed by atoms with E-state index in [0.29, 0.717) is 27.3 Å². The van der Waals surface area contributed by atoms with Crippen LogP contribution in [0.3, 0.4) is 0 Å². The molecule has 0 fully saturated rings. The number of para-hydroxylation sites is 1. The van der Waals surface area contributed by atoms with Gasteiger partial charge in [0.25, 0.3) is 0 Å². The van der Waals surface area contributed by atoms with Crippen molar-refractivity contribution in [3.05, 3.63) is 58.7 Å². The summed E-state index contributed by atoms with van der Waals surface area (Å²) in [6.45, 7) is 0. The van der Waals surface area contributed by atoms with E-state index in [1.54, 1.807) is 24.3 Å². The minimum absolute atomic E-state index is 0.181. The summed E-state index contributed by atoms with van der Waals surface area (Å²) in [5.41, 5.74) is 0.637. The van der Waals surface area contributed by atoms with E-state index in [0.717, 1.165) is 6.07 Å². The highest BCUT2D eigenvalue weighted by molar-refractivity contribution is 9.08. The number of hydrogen-bond acceptors (Lipinski definition) is 2. The minimum atomic E-state index is -4.50. The van der Waals surface area contributed by atoms with Gasteiger partial charge in [-0.05, 0) is 18.2 Å². The first-order valence-corrected chi connectivity index (χ1v) is 8.09. The Balaban J connectivity index is 2.36. The molecule has 0 saturated heterocycles. The molecule has 2 aromatic carbocycles. The molecule has 1 heterocycles. The van der Waals surface area contributed by atoms with Crippen LogP contribution in [-0.4, -0.2) is 9.97 Å². The molecule has 3 aromatic rings. The number of aromatic nitrogens is 2. The van der Waals surface area contributed by atoms with Crippen molar-refractivity contribution in [3.8, 4) is 11.3 Å². The third-order valence-electron chi connectivity index (χ3n) is 3.33. The topological polar surface area (TPSA) is 25.8 Å². The predicted octanol–water partition coefficient (Wildman–Crippen LogP) is 5.86. The Bertz CT molecular complexity index is 881. The monoisotopic (exact) mass is 400 g/mol. The van der Waals surface area contributed by atoms with Crippen LogP contribution in [0.2, 0.25) is 5.02 Å². The van der Waals surface area contributed by atoms with Crippen molar-refractivity contribution in [2.75, 3.05) is 0 Å². The molecule has 0 saturated carbocycles. The van der Waals surface area contributed by atoms with Crippen LogP contribution in [0.4, 0.5) is 13.2 Å². The van der Waals surface area contributed by atoms with Crippen molar-refractivity contribution in [1.82, 2.24) is 9.97 Å². The van der Waals surface area contributed by atoms with Crippen LogP contribution in [0.15, 0.2) is 42.5 Å². The lowest BCUT2D eigenvalue weighted by atomic mass is 10.1. The van der Waals surface area contributed by atoms with Crippen LogP contribution in [0.1, 0.15) is 11.3 Å². The Morgan fingerprint density at radius 2 is 1.74 bits per heavy atom. The SMILES string of the molecule is FC(F)(F)c1cccc2nc(CBr)c(-c3ccccc3Cl)nc12. The van der Waals surface area contributed by atoms with Crippen LogP contribution >= 0.6 is 27.5 Å². The van der Waals surface area contributed by atoms with Gasteiger partial charge in [0.2, 0.25) is 0 Å². The van der Waals surface area contributed by atoms with Crippen molar-refractivity contribution >= 4 is 38.6 Å². The molecule has 0 aliphatic rings. The summed E-state index contributed by atoms with van der Waals surface area (Å²) in [4.78, 5) is 8.56. The second kappa shape index (κ2) is 6.09. The highest BCUT2D eigenvalue weighted by Gasteiger charge is 2.33. The summed E-state index contributed by atoms with van der Waals surface area (Å²) in [5.74, 6) is 0. The number of hydrogen-bond donors (Lipinski definition) is 0. The number of halogens is 5. The third-order valence-corrected chi connectivity index (χ3v) is 4.19. The Labute approximate surface area is 143 Å². The summed E-state index contributed by atoms with van der Waals surface area (Å²) >= 11 is 9.47. The van der Waals surface area contributed by atoms with E-state index in [1.807, 2.05) is 0 Å². The second-order valence-corrected chi connectivity index (χ2v) is 5.77. The number of rotatable bonds is 2. The molecule has 23 heavy (non-hydrogen) atoms. The molecule has 0 spiro atoms. The molecule has 0 radical (unpaired) electrons. The first kappa shape index (κ1) is 16.2. The second-order valence-electron chi connectivity index (χ2n) is 4.80. The molecule has 0 bridgehead atoms. The van der Waals surface area contributed by atoms with Crippen LogP contribution in [0, 0.1) is 0 Å². The molecule has 0 atom stereocenters. The number of benzene rings is 2. The summed E-state index contributed by atoms with van der Waals surface area (Å²) in [5, 5.41) is 0.764. The average molecular weight is 402 g/mol. The quantitative estimate of drug-likeness (QED) is 0.502. The maximum atomic E-state index is 13.2. The zero-order chi connectivity index (χ0) is 16.6. The fraction of sp³-hybridized carbons (Fsp3) is 0.125. The number of nitrogens with zero attached hydrogens (tertiary/aromatic N) is 2.